The van der Waals surface area contributed by atoms with E-state index >= 15 is 0 Å². The first-order valence-corrected chi connectivity index (χ1v) is 18.9. The van der Waals surface area contributed by atoms with E-state index in [9.17, 15) is 0 Å². The lowest BCUT2D eigenvalue weighted by atomic mass is 9.42. The maximum Gasteiger partial charge on any atom is 0.333 e. The third-order valence-electron chi connectivity index (χ3n) is 12.2. The molecule has 0 saturated heterocycles. The summed E-state index contributed by atoms with van der Waals surface area (Å²) in [7, 11) is 0. The summed E-state index contributed by atoms with van der Waals surface area (Å²) in [5.74, 6) is 0. The summed E-state index contributed by atoms with van der Waals surface area (Å²) in [6, 6.07) is 55.7. The number of hydrogen-bond acceptors (Lipinski definition) is 3. The molecule has 7 aromatic carbocycles. The molecule has 0 amide bonds. The lowest BCUT2D eigenvalue weighted by molar-refractivity contribution is 0.590. The van der Waals surface area contributed by atoms with E-state index in [2.05, 4.69) is 176 Å². The lowest BCUT2D eigenvalue weighted by Gasteiger charge is -2.52. The van der Waals surface area contributed by atoms with E-state index < -0.39 is 5.41 Å². The van der Waals surface area contributed by atoms with Crippen molar-refractivity contribution in [2.75, 3.05) is 9.71 Å². The summed E-state index contributed by atoms with van der Waals surface area (Å²) >= 11 is 1.91. The molecule has 4 heterocycles. The number of benzene rings is 7. The molecule has 51 heavy (non-hydrogen) atoms. The zero-order chi connectivity index (χ0) is 33.8. The van der Waals surface area contributed by atoms with Gasteiger partial charge in [0.2, 0.25) is 0 Å². The van der Waals surface area contributed by atoms with Gasteiger partial charge in [0.25, 0.3) is 0 Å². The van der Waals surface area contributed by atoms with E-state index in [0.29, 0.717) is 0 Å². The van der Waals surface area contributed by atoms with E-state index in [0.717, 1.165) is 0 Å². The molecule has 0 bridgehead atoms. The van der Waals surface area contributed by atoms with Crippen molar-refractivity contribution in [3.05, 3.63) is 173 Å². The molecule has 0 aromatic heterocycles. The Morgan fingerprint density at radius 1 is 0.510 bits per heavy atom. The molecule has 12 rings (SSSR count). The van der Waals surface area contributed by atoms with Crippen molar-refractivity contribution in [3.63, 3.8) is 0 Å². The van der Waals surface area contributed by atoms with Crippen LogP contribution < -0.4 is 20.6 Å². The molecule has 4 heteroatoms. The summed E-state index contributed by atoms with van der Waals surface area (Å²) in [6.45, 7) is 7.08. The smallest absolute Gasteiger partial charge is 0.333 e. The Kier molecular flexibility index (Phi) is 5.24. The molecular formula is C47H33BN2S. The Bertz CT molecular complexity index is 2660. The lowest BCUT2D eigenvalue weighted by Crippen LogP contribution is -2.63. The van der Waals surface area contributed by atoms with Gasteiger partial charge in [0, 0.05) is 32.4 Å². The fraction of sp³-hybridized carbons (Fsp3) is 0.106. The summed E-state index contributed by atoms with van der Waals surface area (Å²) < 4.78 is 0. The van der Waals surface area contributed by atoms with Gasteiger partial charge in [0.15, 0.2) is 0 Å². The van der Waals surface area contributed by atoms with Gasteiger partial charge >= 0.3 is 6.85 Å². The van der Waals surface area contributed by atoms with Gasteiger partial charge in [-0.15, -0.1) is 0 Å². The van der Waals surface area contributed by atoms with Gasteiger partial charge in [-0.05, 0) is 91.2 Å². The number of rotatable bonds is 0. The molecule has 0 fully saturated rings. The Balaban J connectivity index is 1.27. The normalized spacial score (nSPS) is 15.7. The first kappa shape index (κ1) is 28.3. The molecule has 0 unspecified atom stereocenters. The number of fused-ring (bicyclic) bond motifs is 15. The first-order valence-electron chi connectivity index (χ1n) is 18.1. The highest BCUT2D eigenvalue weighted by atomic mass is 32.2. The van der Waals surface area contributed by atoms with E-state index in [4.69, 9.17) is 0 Å². The molecule has 7 aromatic rings. The minimum Gasteiger partial charge on any atom is -0.374 e. The Hall–Kier alpha value is -5.45. The number of anilines is 5. The maximum absolute atomic E-state index is 2.69. The SMILES string of the molecule is CC(C)(C)c1cc2c3c(c1)N1c4ccccc4C4(c5ccccc5-c5ccccc54)c4cccc(c41)B3N1c3ccccc3Sc3cccc-2c31. The zero-order valence-electron chi connectivity index (χ0n) is 28.7. The second kappa shape index (κ2) is 9.45. The largest absolute Gasteiger partial charge is 0.374 e. The molecule has 0 saturated carbocycles. The molecule has 2 nitrogen and oxygen atoms in total. The van der Waals surface area contributed by atoms with Crippen LogP contribution in [0.1, 0.15) is 48.6 Å². The van der Waals surface area contributed by atoms with Gasteiger partial charge < -0.3 is 9.71 Å². The van der Waals surface area contributed by atoms with Crippen LogP contribution in [0.25, 0.3) is 22.3 Å². The van der Waals surface area contributed by atoms with Gasteiger partial charge in [-0.2, -0.15) is 0 Å². The predicted molar refractivity (Wildman–Crippen MR) is 214 cm³/mol. The van der Waals surface area contributed by atoms with Crippen LogP contribution in [0.4, 0.5) is 28.4 Å². The van der Waals surface area contributed by atoms with Gasteiger partial charge in [0.1, 0.15) is 0 Å². The van der Waals surface area contributed by atoms with Crippen LogP contribution in [-0.2, 0) is 10.8 Å². The average molecular weight is 669 g/mol. The molecule has 1 aliphatic carbocycles. The standard InChI is InChI=1S/C47H33BN2S/c1-46(2,3)28-26-32-31-16-12-25-42-44(31)50(39-23-10-11-24-41(39)51-42)48-37-21-13-20-36-45(37)49(40(27-28)43(32)48)38-22-9-8-19-35(38)47(36)33-17-6-4-14-29(33)30-15-5-7-18-34(30)47/h4-27H,1-3H3. The fourth-order valence-electron chi connectivity index (χ4n) is 10.2. The van der Waals surface area contributed by atoms with Crippen molar-refractivity contribution in [2.45, 2.75) is 41.4 Å². The number of hydrogen-bond donors (Lipinski definition) is 0. The highest BCUT2D eigenvalue weighted by Crippen LogP contribution is 2.64. The third-order valence-corrected chi connectivity index (χ3v) is 13.3. The van der Waals surface area contributed by atoms with Crippen LogP contribution in [-0.4, -0.2) is 6.85 Å². The van der Waals surface area contributed by atoms with Crippen molar-refractivity contribution < 1.29 is 0 Å². The van der Waals surface area contributed by atoms with E-state index in [1.54, 1.807) is 0 Å². The highest BCUT2D eigenvalue weighted by Gasteiger charge is 2.56. The number of para-hydroxylation sites is 4. The molecule has 0 atom stereocenters. The summed E-state index contributed by atoms with van der Waals surface area (Å²) in [5, 5.41) is 0. The topological polar surface area (TPSA) is 6.48 Å². The van der Waals surface area contributed by atoms with E-state index in [1.807, 2.05) is 11.8 Å². The molecule has 1 spiro atoms. The van der Waals surface area contributed by atoms with Crippen molar-refractivity contribution in [3.8, 4) is 22.3 Å². The summed E-state index contributed by atoms with van der Waals surface area (Å²) in [5.41, 5.74) is 21.0. The Morgan fingerprint density at radius 3 is 1.88 bits per heavy atom. The fourth-order valence-corrected chi connectivity index (χ4v) is 11.3. The van der Waals surface area contributed by atoms with Crippen LogP contribution in [0, 0.1) is 0 Å². The van der Waals surface area contributed by atoms with Gasteiger partial charge in [-0.1, -0.05) is 148 Å². The van der Waals surface area contributed by atoms with Crippen LogP contribution in [0.3, 0.4) is 0 Å². The molecule has 240 valence electrons. The monoisotopic (exact) mass is 668 g/mol. The third kappa shape index (κ3) is 3.29. The molecule has 4 aliphatic heterocycles. The van der Waals surface area contributed by atoms with E-state index in [-0.39, 0.29) is 12.3 Å². The minimum atomic E-state index is -0.443. The average Bonchev–Trinajstić information content (AvgIpc) is 3.45. The first-order chi connectivity index (χ1) is 25.0. The van der Waals surface area contributed by atoms with Gasteiger partial charge in [-0.3, -0.25) is 0 Å². The van der Waals surface area contributed by atoms with Gasteiger partial charge in [0.05, 0.1) is 16.8 Å². The minimum absolute atomic E-state index is 0.0140. The van der Waals surface area contributed by atoms with Crippen LogP contribution in [0.2, 0.25) is 0 Å². The van der Waals surface area contributed by atoms with E-state index in [1.165, 1.54) is 99.2 Å². The van der Waals surface area contributed by atoms with Crippen molar-refractivity contribution in [1.82, 2.24) is 0 Å². The Labute approximate surface area is 303 Å². The molecular weight excluding hydrogens is 635 g/mol. The van der Waals surface area contributed by atoms with Crippen LogP contribution >= 0.6 is 11.8 Å². The zero-order valence-corrected chi connectivity index (χ0v) is 29.6. The summed E-state index contributed by atoms with van der Waals surface area (Å²) in [4.78, 5) is 7.98. The van der Waals surface area contributed by atoms with Crippen molar-refractivity contribution in [1.29, 1.82) is 0 Å². The summed E-state index contributed by atoms with van der Waals surface area (Å²) in [6.07, 6.45) is 0. The molecule has 0 radical (unpaired) electrons. The second-order valence-corrected chi connectivity index (χ2v) is 16.7. The van der Waals surface area contributed by atoms with Crippen LogP contribution in [0.5, 0.6) is 0 Å². The highest BCUT2D eigenvalue weighted by molar-refractivity contribution is 7.99. The Morgan fingerprint density at radius 2 is 1.12 bits per heavy atom. The van der Waals surface area contributed by atoms with Crippen molar-refractivity contribution >= 4 is 58.0 Å². The molecule has 5 aliphatic rings. The van der Waals surface area contributed by atoms with Crippen molar-refractivity contribution in [2.24, 2.45) is 0 Å². The van der Waals surface area contributed by atoms with Crippen LogP contribution in [0.15, 0.2) is 155 Å². The van der Waals surface area contributed by atoms with Gasteiger partial charge in [-0.25, -0.2) is 0 Å². The second-order valence-electron chi connectivity index (χ2n) is 15.6. The molecule has 0 N–H and O–H groups in total. The quantitative estimate of drug-likeness (QED) is 0.149. The number of nitrogens with zero attached hydrogens (tertiary/aromatic N) is 2. The predicted octanol–water partition coefficient (Wildman–Crippen LogP) is 10.8. The maximum atomic E-state index is 2.69.